The zero-order chi connectivity index (χ0) is 17.0. The average molecular weight is 452 g/mol. The first-order valence-electron chi connectivity index (χ1n) is 7.38. The van der Waals surface area contributed by atoms with Crippen molar-refractivity contribution in [3.63, 3.8) is 0 Å². The van der Waals surface area contributed by atoms with Gasteiger partial charge in [0, 0.05) is 0 Å². The topological polar surface area (TPSA) is 43.4 Å². The molecule has 0 aromatic heterocycles. The third-order valence-corrected chi connectivity index (χ3v) is 10.7. The molecule has 0 atom stereocenters. The third-order valence-electron chi connectivity index (χ3n) is 3.32. The summed E-state index contributed by atoms with van der Waals surface area (Å²) in [4.78, 5) is 0.197. The van der Waals surface area contributed by atoms with Crippen LogP contribution in [0.15, 0.2) is 89.8 Å². The first-order valence-corrected chi connectivity index (χ1v) is 11.8. The molecule has 0 radical (unpaired) electrons. The monoisotopic (exact) mass is 452 g/mol. The normalized spacial score (nSPS) is 12.0. The molecule has 0 amide bonds. The fourth-order valence-electron chi connectivity index (χ4n) is 2.08. The molecule has 0 saturated carbocycles. The van der Waals surface area contributed by atoms with Crippen molar-refractivity contribution in [2.24, 2.45) is 0 Å². The molecule has 3 rings (SSSR count). The molecule has 0 N–H and O–H groups in total. The van der Waals surface area contributed by atoms with Gasteiger partial charge in [0.25, 0.3) is 0 Å². The van der Waals surface area contributed by atoms with Crippen LogP contribution in [0.25, 0.3) is 0 Å². The molecule has 0 fully saturated rings. The first-order chi connectivity index (χ1) is 11.6. The molecule has 3 aromatic carbocycles. The standard InChI is InChI=1S/C19H17IO3S/c1-16-12-14-19(15-13-16)24(21,22)23-20(17-8-4-2-5-9-17)18-10-6-3-7-11-18/h2-15H,1H3. The van der Waals surface area contributed by atoms with Crippen LogP contribution in [0.5, 0.6) is 0 Å². The molecule has 24 heavy (non-hydrogen) atoms. The third kappa shape index (κ3) is 4.03. The van der Waals surface area contributed by atoms with E-state index >= 15 is 0 Å². The minimum absolute atomic E-state index is 0.197. The Morgan fingerprint density at radius 3 is 1.62 bits per heavy atom. The van der Waals surface area contributed by atoms with Crippen LogP contribution in [-0.2, 0) is 12.6 Å². The number of aryl methyl sites for hydroxylation is 1. The van der Waals surface area contributed by atoms with E-state index in [0.29, 0.717) is 0 Å². The van der Waals surface area contributed by atoms with Crippen molar-refractivity contribution in [3.8, 4) is 0 Å². The maximum absolute atomic E-state index is 12.7. The molecular formula is C19H17IO3S. The Bertz CT molecular complexity index is 853. The summed E-state index contributed by atoms with van der Waals surface area (Å²) in [7, 11) is -3.80. The van der Waals surface area contributed by atoms with Crippen molar-refractivity contribution < 1.29 is 10.9 Å². The van der Waals surface area contributed by atoms with Crippen molar-refractivity contribution in [1.29, 1.82) is 0 Å². The van der Waals surface area contributed by atoms with Crippen LogP contribution in [0, 0.1) is 14.1 Å². The van der Waals surface area contributed by atoms with Crippen molar-refractivity contribution in [3.05, 3.63) is 97.6 Å². The van der Waals surface area contributed by atoms with Gasteiger partial charge in [-0.1, -0.05) is 0 Å². The quantitative estimate of drug-likeness (QED) is 0.520. The van der Waals surface area contributed by atoms with E-state index in [-0.39, 0.29) is 4.90 Å². The van der Waals surface area contributed by atoms with Gasteiger partial charge in [0.2, 0.25) is 0 Å². The van der Waals surface area contributed by atoms with Crippen molar-refractivity contribution >= 4 is 30.4 Å². The molecule has 0 aliphatic carbocycles. The molecule has 3 aromatic rings. The Morgan fingerprint density at radius 2 is 1.17 bits per heavy atom. The second-order valence-corrected chi connectivity index (χ2v) is 11.7. The van der Waals surface area contributed by atoms with Gasteiger partial charge in [-0.05, 0) is 0 Å². The number of benzene rings is 3. The first kappa shape index (κ1) is 17.1. The van der Waals surface area contributed by atoms with Crippen LogP contribution in [-0.4, -0.2) is 8.42 Å². The second kappa shape index (κ2) is 7.46. The van der Waals surface area contributed by atoms with Gasteiger partial charge in [-0.15, -0.1) is 0 Å². The molecule has 0 bridgehead atoms. The molecule has 0 heterocycles. The Morgan fingerprint density at radius 1 is 0.708 bits per heavy atom. The van der Waals surface area contributed by atoms with Crippen LogP contribution in [0.2, 0.25) is 0 Å². The summed E-state index contributed by atoms with van der Waals surface area (Å²) in [6.45, 7) is 1.92. The van der Waals surface area contributed by atoms with E-state index in [1.807, 2.05) is 67.6 Å². The molecule has 124 valence electrons. The zero-order valence-corrected chi connectivity index (χ0v) is 16.1. The van der Waals surface area contributed by atoms with Gasteiger partial charge in [-0.25, -0.2) is 0 Å². The number of rotatable bonds is 5. The van der Waals surface area contributed by atoms with Crippen molar-refractivity contribution in [1.82, 2.24) is 0 Å². The summed E-state index contributed by atoms with van der Waals surface area (Å²) in [5, 5.41) is 0. The summed E-state index contributed by atoms with van der Waals surface area (Å²) in [6, 6.07) is 25.9. The molecule has 0 saturated heterocycles. The van der Waals surface area contributed by atoms with Gasteiger partial charge in [0.1, 0.15) is 0 Å². The van der Waals surface area contributed by atoms with E-state index in [1.54, 1.807) is 24.3 Å². The van der Waals surface area contributed by atoms with Crippen LogP contribution < -0.4 is 0 Å². The summed E-state index contributed by atoms with van der Waals surface area (Å²) in [5.74, 6) is 0. The predicted molar refractivity (Wildman–Crippen MR) is 104 cm³/mol. The Hall–Kier alpha value is -1.70. The summed E-state index contributed by atoms with van der Waals surface area (Å²) >= 11 is -2.56. The molecule has 0 aliphatic heterocycles. The Labute approximate surface area is 150 Å². The Kier molecular flexibility index (Phi) is 5.33. The van der Waals surface area contributed by atoms with Gasteiger partial charge in [-0.3, -0.25) is 0 Å². The fourth-order valence-corrected chi connectivity index (χ4v) is 9.08. The van der Waals surface area contributed by atoms with Crippen LogP contribution in [0.4, 0.5) is 0 Å². The SMILES string of the molecule is Cc1ccc(S(=O)(=O)OI(c2ccccc2)c2ccccc2)cc1. The molecular weight excluding hydrogens is 435 g/mol. The predicted octanol–water partition coefficient (Wildman–Crippen LogP) is 4.86. The van der Waals surface area contributed by atoms with Gasteiger partial charge in [0.15, 0.2) is 0 Å². The zero-order valence-electron chi connectivity index (χ0n) is 13.1. The minimum atomic E-state index is -3.80. The van der Waals surface area contributed by atoms with Gasteiger partial charge < -0.3 is 0 Å². The molecule has 5 heteroatoms. The van der Waals surface area contributed by atoms with E-state index in [2.05, 4.69) is 0 Å². The van der Waals surface area contributed by atoms with E-state index in [9.17, 15) is 8.42 Å². The number of halogens is 1. The molecule has 0 unspecified atom stereocenters. The van der Waals surface area contributed by atoms with E-state index in [1.165, 1.54) is 0 Å². The van der Waals surface area contributed by atoms with Gasteiger partial charge in [-0.2, -0.15) is 0 Å². The van der Waals surface area contributed by atoms with E-state index in [4.69, 9.17) is 2.51 Å². The molecule has 0 spiro atoms. The number of hydrogen-bond acceptors (Lipinski definition) is 3. The molecule has 3 nitrogen and oxygen atoms in total. The van der Waals surface area contributed by atoms with E-state index < -0.39 is 30.4 Å². The summed E-state index contributed by atoms with van der Waals surface area (Å²) in [6.07, 6.45) is 0. The van der Waals surface area contributed by atoms with Crippen LogP contribution in [0.3, 0.4) is 0 Å². The fraction of sp³-hybridized carbons (Fsp3) is 0.0526. The Balaban J connectivity index is 1.99. The van der Waals surface area contributed by atoms with Crippen molar-refractivity contribution in [2.75, 3.05) is 0 Å². The average Bonchev–Trinajstić information content (AvgIpc) is 2.62. The van der Waals surface area contributed by atoms with Gasteiger partial charge in [0.05, 0.1) is 0 Å². The summed E-state index contributed by atoms with van der Waals surface area (Å²) in [5.41, 5.74) is 1.01. The second-order valence-electron chi connectivity index (χ2n) is 5.17. The summed E-state index contributed by atoms with van der Waals surface area (Å²) < 4.78 is 33.1. The maximum atomic E-state index is 12.7. The van der Waals surface area contributed by atoms with E-state index in [0.717, 1.165) is 12.7 Å². The van der Waals surface area contributed by atoms with Crippen LogP contribution in [0.1, 0.15) is 5.56 Å². The van der Waals surface area contributed by atoms with Gasteiger partial charge >= 0.3 is 151 Å². The van der Waals surface area contributed by atoms with Crippen LogP contribution >= 0.6 is 20.2 Å². The number of hydrogen-bond donors (Lipinski definition) is 0. The van der Waals surface area contributed by atoms with Crippen molar-refractivity contribution in [2.45, 2.75) is 11.8 Å². The molecule has 0 aliphatic rings.